The Bertz CT molecular complexity index is 786. The number of ether oxygens (including phenoxy) is 1. The summed E-state index contributed by atoms with van der Waals surface area (Å²) in [6, 6.07) is 11.1. The van der Waals surface area contributed by atoms with E-state index in [2.05, 4.69) is 15.0 Å². The molecule has 0 aliphatic rings. The Morgan fingerprint density at radius 2 is 2.05 bits per heavy atom. The van der Waals surface area contributed by atoms with E-state index < -0.39 is 5.97 Å². The second-order valence-electron chi connectivity index (χ2n) is 4.38. The van der Waals surface area contributed by atoms with E-state index >= 15 is 0 Å². The van der Waals surface area contributed by atoms with Crippen LogP contribution < -0.4 is 5.32 Å². The van der Waals surface area contributed by atoms with Crippen LogP contribution >= 0.6 is 11.3 Å². The normalized spacial score (nSPS) is 10.5. The number of anilines is 1. The van der Waals surface area contributed by atoms with Crippen LogP contribution in [0.4, 0.5) is 5.69 Å². The number of fused-ring (bicyclic) bond motifs is 1. The molecule has 3 rings (SSSR count). The predicted molar refractivity (Wildman–Crippen MR) is 81.9 cm³/mol. The van der Waals surface area contributed by atoms with Gasteiger partial charge in [-0.2, -0.15) is 0 Å². The molecule has 106 valence electrons. The lowest BCUT2D eigenvalue weighted by Crippen LogP contribution is -2.14. The topological polar surface area (TPSA) is 71.2 Å². The molecule has 0 spiro atoms. The van der Waals surface area contributed by atoms with Crippen LogP contribution in [0.3, 0.4) is 0 Å². The van der Waals surface area contributed by atoms with Crippen molar-refractivity contribution in [2.45, 2.75) is 0 Å². The average molecular weight is 300 g/mol. The summed E-state index contributed by atoms with van der Waals surface area (Å²) in [5, 5.41) is 5.41. The number of carbonyl (C=O) groups excluding carboxylic acids is 2. The van der Waals surface area contributed by atoms with Crippen LogP contribution in [0.5, 0.6) is 0 Å². The second-order valence-corrected chi connectivity index (χ2v) is 5.30. The number of nitrogens with one attached hydrogen (secondary N) is 2. The SMILES string of the molecule is COC(=O)c1sccc1NC(=O)c1cc2ccccc2[nH]1. The van der Waals surface area contributed by atoms with Crippen molar-refractivity contribution in [2.75, 3.05) is 12.4 Å². The summed E-state index contributed by atoms with van der Waals surface area (Å²) in [6.45, 7) is 0. The fourth-order valence-corrected chi connectivity index (χ4v) is 2.81. The lowest BCUT2D eigenvalue weighted by molar-refractivity contribution is 0.0607. The van der Waals surface area contributed by atoms with Crippen LogP contribution in [0.2, 0.25) is 0 Å². The zero-order chi connectivity index (χ0) is 14.8. The van der Waals surface area contributed by atoms with E-state index in [4.69, 9.17) is 0 Å². The zero-order valence-corrected chi connectivity index (χ0v) is 12.0. The number of methoxy groups -OCH3 is 1. The highest BCUT2D eigenvalue weighted by atomic mass is 32.1. The van der Waals surface area contributed by atoms with Crippen LogP contribution in [0.1, 0.15) is 20.2 Å². The number of carbonyl (C=O) groups is 2. The molecule has 2 heterocycles. The summed E-state index contributed by atoms with van der Waals surface area (Å²) in [6.07, 6.45) is 0. The minimum Gasteiger partial charge on any atom is -0.465 e. The summed E-state index contributed by atoms with van der Waals surface area (Å²) >= 11 is 1.22. The van der Waals surface area contributed by atoms with Gasteiger partial charge in [0.05, 0.1) is 12.8 Å². The maximum absolute atomic E-state index is 12.3. The third-order valence-corrected chi connectivity index (χ3v) is 3.95. The number of para-hydroxylation sites is 1. The van der Waals surface area contributed by atoms with E-state index in [9.17, 15) is 9.59 Å². The number of amides is 1. The first-order valence-corrected chi connectivity index (χ1v) is 7.12. The van der Waals surface area contributed by atoms with Crippen LogP contribution in [0.15, 0.2) is 41.8 Å². The Labute approximate surface area is 124 Å². The van der Waals surface area contributed by atoms with Crippen molar-refractivity contribution in [1.29, 1.82) is 0 Å². The smallest absolute Gasteiger partial charge is 0.350 e. The zero-order valence-electron chi connectivity index (χ0n) is 11.2. The van der Waals surface area contributed by atoms with Crippen molar-refractivity contribution >= 4 is 39.8 Å². The highest BCUT2D eigenvalue weighted by Crippen LogP contribution is 2.24. The number of rotatable bonds is 3. The Balaban J connectivity index is 1.86. The number of hydrogen-bond donors (Lipinski definition) is 2. The highest BCUT2D eigenvalue weighted by Gasteiger charge is 2.17. The van der Waals surface area contributed by atoms with E-state index in [1.165, 1.54) is 18.4 Å². The number of thiophene rings is 1. The molecule has 0 atom stereocenters. The summed E-state index contributed by atoms with van der Waals surface area (Å²) < 4.78 is 4.68. The van der Waals surface area contributed by atoms with E-state index in [0.29, 0.717) is 16.3 Å². The van der Waals surface area contributed by atoms with Gasteiger partial charge in [0, 0.05) is 10.9 Å². The minimum atomic E-state index is -0.461. The van der Waals surface area contributed by atoms with Gasteiger partial charge in [-0.1, -0.05) is 18.2 Å². The molecule has 1 amide bonds. The number of aromatic nitrogens is 1. The fraction of sp³-hybridized carbons (Fsp3) is 0.0667. The molecular formula is C15H12N2O3S. The molecule has 2 aromatic heterocycles. The van der Waals surface area contributed by atoms with Crippen LogP contribution in [0, 0.1) is 0 Å². The van der Waals surface area contributed by atoms with Gasteiger partial charge >= 0.3 is 5.97 Å². The van der Waals surface area contributed by atoms with Crippen molar-refractivity contribution in [3.05, 3.63) is 52.3 Å². The van der Waals surface area contributed by atoms with Gasteiger partial charge in [-0.3, -0.25) is 4.79 Å². The monoisotopic (exact) mass is 300 g/mol. The maximum Gasteiger partial charge on any atom is 0.350 e. The molecule has 5 nitrogen and oxygen atoms in total. The Morgan fingerprint density at radius 3 is 2.81 bits per heavy atom. The predicted octanol–water partition coefficient (Wildman–Crippen LogP) is 3.27. The molecule has 0 radical (unpaired) electrons. The van der Waals surface area contributed by atoms with Gasteiger partial charge in [-0.25, -0.2) is 4.79 Å². The summed E-state index contributed by atoms with van der Waals surface area (Å²) in [7, 11) is 1.31. The van der Waals surface area contributed by atoms with Crippen LogP contribution in [0.25, 0.3) is 10.9 Å². The van der Waals surface area contributed by atoms with E-state index in [1.807, 2.05) is 24.3 Å². The van der Waals surface area contributed by atoms with Gasteiger partial charge in [0.2, 0.25) is 0 Å². The van der Waals surface area contributed by atoms with Crippen molar-refractivity contribution in [2.24, 2.45) is 0 Å². The standard InChI is InChI=1S/C15H12N2O3S/c1-20-15(19)13-11(6-7-21-13)17-14(18)12-8-9-4-2-3-5-10(9)16-12/h2-8,16H,1H3,(H,17,18). The Morgan fingerprint density at radius 1 is 1.24 bits per heavy atom. The van der Waals surface area contributed by atoms with Gasteiger partial charge in [-0.05, 0) is 23.6 Å². The lowest BCUT2D eigenvalue weighted by Gasteiger charge is -2.03. The quantitative estimate of drug-likeness (QED) is 0.729. The summed E-state index contributed by atoms with van der Waals surface area (Å²) in [5.74, 6) is -0.758. The van der Waals surface area contributed by atoms with Crippen LogP contribution in [-0.2, 0) is 4.74 Å². The third-order valence-electron chi connectivity index (χ3n) is 3.06. The van der Waals surface area contributed by atoms with E-state index in [-0.39, 0.29) is 5.91 Å². The average Bonchev–Trinajstić information content (AvgIpc) is 3.12. The van der Waals surface area contributed by atoms with E-state index in [0.717, 1.165) is 10.9 Å². The molecule has 2 N–H and O–H groups in total. The largest absolute Gasteiger partial charge is 0.465 e. The molecule has 3 aromatic rings. The molecular weight excluding hydrogens is 288 g/mol. The first-order valence-electron chi connectivity index (χ1n) is 6.24. The molecule has 0 saturated heterocycles. The molecule has 0 fully saturated rings. The summed E-state index contributed by atoms with van der Waals surface area (Å²) in [5.41, 5.74) is 1.79. The fourth-order valence-electron chi connectivity index (χ4n) is 2.04. The summed E-state index contributed by atoms with van der Waals surface area (Å²) in [4.78, 5) is 27.3. The van der Waals surface area contributed by atoms with E-state index in [1.54, 1.807) is 17.5 Å². The number of hydrogen-bond acceptors (Lipinski definition) is 4. The van der Waals surface area contributed by atoms with Crippen molar-refractivity contribution < 1.29 is 14.3 Å². The Hall–Kier alpha value is -2.60. The van der Waals surface area contributed by atoms with Gasteiger partial charge in [0.25, 0.3) is 5.91 Å². The number of H-pyrrole nitrogens is 1. The Kier molecular flexibility index (Phi) is 3.45. The first kappa shape index (κ1) is 13.4. The molecule has 0 aliphatic carbocycles. The number of benzene rings is 1. The molecule has 6 heteroatoms. The lowest BCUT2D eigenvalue weighted by atomic mass is 10.2. The number of aromatic amines is 1. The third kappa shape index (κ3) is 2.53. The molecule has 1 aromatic carbocycles. The second kappa shape index (κ2) is 5.41. The van der Waals surface area contributed by atoms with Crippen LogP contribution in [-0.4, -0.2) is 24.0 Å². The first-order chi connectivity index (χ1) is 10.2. The maximum atomic E-state index is 12.3. The molecule has 0 saturated carbocycles. The highest BCUT2D eigenvalue weighted by molar-refractivity contribution is 7.12. The molecule has 21 heavy (non-hydrogen) atoms. The van der Waals surface area contributed by atoms with Gasteiger partial charge in [0.1, 0.15) is 10.6 Å². The number of esters is 1. The van der Waals surface area contributed by atoms with Crippen molar-refractivity contribution in [1.82, 2.24) is 4.98 Å². The molecule has 0 unspecified atom stereocenters. The minimum absolute atomic E-state index is 0.297. The molecule has 0 aliphatic heterocycles. The van der Waals surface area contributed by atoms with Gasteiger partial charge in [-0.15, -0.1) is 11.3 Å². The molecule has 0 bridgehead atoms. The van der Waals surface area contributed by atoms with Gasteiger partial charge < -0.3 is 15.0 Å². The van der Waals surface area contributed by atoms with Crippen molar-refractivity contribution in [3.8, 4) is 0 Å². The van der Waals surface area contributed by atoms with Crippen molar-refractivity contribution in [3.63, 3.8) is 0 Å². The van der Waals surface area contributed by atoms with Gasteiger partial charge in [0.15, 0.2) is 0 Å².